The fourth-order valence-electron chi connectivity index (χ4n) is 5.90. The summed E-state index contributed by atoms with van der Waals surface area (Å²) in [4.78, 5) is 6.70. The first-order valence-corrected chi connectivity index (χ1v) is 15.5. The van der Waals surface area contributed by atoms with Gasteiger partial charge in [-0.05, 0) is 55.8 Å². The molecule has 0 bridgehead atoms. The molecule has 2 aliphatic rings. The van der Waals surface area contributed by atoms with E-state index in [9.17, 15) is 26.7 Å². The van der Waals surface area contributed by atoms with Crippen molar-refractivity contribution in [3.05, 3.63) is 70.7 Å². The highest BCUT2D eigenvalue weighted by Gasteiger charge is 2.34. The Bertz CT molecular complexity index is 1470. The van der Waals surface area contributed by atoms with Gasteiger partial charge < -0.3 is 15.7 Å². The lowest BCUT2D eigenvalue weighted by Gasteiger charge is -2.33. The number of aliphatic hydroxyl groups excluding tert-OH is 1. The van der Waals surface area contributed by atoms with E-state index in [1.54, 1.807) is 10.9 Å². The minimum atomic E-state index is -4.55. The predicted molar refractivity (Wildman–Crippen MR) is 148 cm³/mol. The number of sulfonamides is 1. The lowest BCUT2D eigenvalue weighted by molar-refractivity contribution is -0.138. The number of likely N-dealkylation sites (tertiary alicyclic amines) is 1. The normalized spacial score (nSPS) is 18.4. The van der Waals surface area contributed by atoms with Crippen LogP contribution in [0.25, 0.3) is 11.3 Å². The number of benzene rings is 1. The Morgan fingerprint density at radius 2 is 1.88 bits per heavy atom. The van der Waals surface area contributed by atoms with Crippen molar-refractivity contribution in [2.24, 2.45) is 5.73 Å². The van der Waals surface area contributed by atoms with Gasteiger partial charge in [-0.2, -0.15) is 22.6 Å². The van der Waals surface area contributed by atoms with Crippen molar-refractivity contribution >= 4 is 10.0 Å². The zero-order chi connectivity index (χ0) is 29.4. The fourth-order valence-corrected chi connectivity index (χ4v) is 6.69. The smallest absolute Gasteiger partial charge is 0.390 e. The number of nitrogens with zero attached hydrogens (tertiary/aromatic N) is 5. The van der Waals surface area contributed by atoms with Crippen molar-refractivity contribution < 1.29 is 26.7 Å². The Kier molecular flexibility index (Phi) is 8.53. The molecule has 3 aromatic rings. The molecule has 2 aromatic heterocycles. The summed E-state index contributed by atoms with van der Waals surface area (Å²) in [6, 6.07) is 9.65. The second-order valence-corrected chi connectivity index (χ2v) is 12.8. The van der Waals surface area contributed by atoms with E-state index in [1.165, 1.54) is 16.4 Å². The molecule has 1 aromatic carbocycles. The topological polar surface area (TPSA) is 118 Å². The number of halogens is 3. The maximum atomic E-state index is 13.5. The molecule has 0 amide bonds. The number of pyridine rings is 1. The predicted octanol–water partition coefficient (Wildman–Crippen LogP) is 2.98. The molecule has 41 heavy (non-hydrogen) atoms. The lowest BCUT2D eigenvalue weighted by atomic mass is 9.93. The third-order valence-electron chi connectivity index (χ3n) is 8.02. The van der Waals surface area contributed by atoms with Gasteiger partial charge in [0, 0.05) is 67.2 Å². The van der Waals surface area contributed by atoms with Gasteiger partial charge in [-0.25, -0.2) is 8.42 Å². The van der Waals surface area contributed by atoms with E-state index in [0.717, 1.165) is 49.6 Å². The summed E-state index contributed by atoms with van der Waals surface area (Å²) >= 11 is 0. The van der Waals surface area contributed by atoms with E-state index < -0.39 is 27.9 Å². The summed E-state index contributed by atoms with van der Waals surface area (Å²) in [5, 5.41) is 15.8. The molecule has 1 fully saturated rings. The molecule has 1 saturated heterocycles. The minimum absolute atomic E-state index is 0.0552. The highest BCUT2D eigenvalue weighted by atomic mass is 32.2. The van der Waals surface area contributed by atoms with Crippen LogP contribution in [0, 0.1) is 0 Å². The number of piperidine rings is 1. The highest BCUT2D eigenvalue weighted by Crippen LogP contribution is 2.36. The maximum Gasteiger partial charge on any atom is 0.416 e. The largest absolute Gasteiger partial charge is 0.416 e. The Balaban J connectivity index is 1.36. The maximum absolute atomic E-state index is 13.5. The molecule has 2 aliphatic heterocycles. The molecule has 4 heterocycles. The van der Waals surface area contributed by atoms with E-state index in [-0.39, 0.29) is 31.7 Å². The molecule has 13 heteroatoms. The van der Waals surface area contributed by atoms with Gasteiger partial charge in [-0.15, -0.1) is 0 Å². The number of β-amino-alcohol motifs (C(OH)–C–C–N with tert-alkyl or cyclic N) is 1. The van der Waals surface area contributed by atoms with Gasteiger partial charge in [-0.1, -0.05) is 12.1 Å². The minimum Gasteiger partial charge on any atom is -0.390 e. The highest BCUT2D eigenvalue weighted by molar-refractivity contribution is 7.88. The SMILES string of the molecule is CS(=O)(=O)N1CCc2c(c(-c3ccc(C(F)(F)F)c(CN)c3)nn2CC(O)CN2CCC(c3ccccn3)CC2)C1. The van der Waals surface area contributed by atoms with Gasteiger partial charge in [0.05, 0.1) is 30.2 Å². The molecule has 5 rings (SSSR count). The molecule has 1 atom stereocenters. The van der Waals surface area contributed by atoms with Crippen LogP contribution in [0.5, 0.6) is 0 Å². The van der Waals surface area contributed by atoms with Crippen LogP contribution >= 0.6 is 0 Å². The Morgan fingerprint density at radius 1 is 1.12 bits per heavy atom. The van der Waals surface area contributed by atoms with Crippen LogP contribution in [-0.4, -0.2) is 76.0 Å². The molecule has 0 radical (unpaired) electrons. The van der Waals surface area contributed by atoms with Gasteiger partial charge in [0.25, 0.3) is 0 Å². The quantitative estimate of drug-likeness (QED) is 0.413. The first kappa shape index (κ1) is 29.6. The van der Waals surface area contributed by atoms with Crippen LogP contribution < -0.4 is 5.73 Å². The monoisotopic (exact) mass is 592 g/mol. The molecule has 3 N–H and O–H groups in total. The summed E-state index contributed by atoms with van der Waals surface area (Å²) in [7, 11) is -3.50. The average Bonchev–Trinajstić information content (AvgIpc) is 3.30. The Hall–Kier alpha value is -2.84. The van der Waals surface area contributed by atoms with Crippen molar-refractivity contribution in [1.82, 2.24) is 24.0 Å². The Morgan fingerprint density at radius 3 is 2.51 bits per heavy atom. The second kappa shape index (κ2) is 11.8. The fraction of sp³-hybridized carbons (Fsp3) is 0.500. The van der Waals surface area contributed by atoms with Crippen molar-refractivity contribution in [2.75, 3.05) is 32.4 Å². The van der Waals surface area contributed by atoms with Gasteiger partial charge in [0.2, 0.25) is 10.0 Å². The Labute approximate surface area is 237 Å². The third kappa shape index (κ3) is 6.64. The number of rotatable bonds is 8. The van der Waals surface area contributed by atoms with Crippen LogP contribution in [0.3, 0.4) is 0 Å². The first-order chi connectivity index (χ1) is 19.4. The van der Waals surface area contributed by atoms with Crippen LogP contribution in [0.4, 0.5) is 13.2 Å². The summed E-state index contributed by atoms with van der Waals surface area (Å²) in [6.45, 7) is 2.30. The summed E-state index contributed by atoms with van der Waals surface area (Å²) in [5.41, 5.74) is 8.11. The van der Waals surface area contributed by atoms with Crippen molar-refractivity contribution in [3.8, 4) is 11.3 Å². The van der Waals surface area contributed by atoms with E-state index in [4.69, 9.17) is 10.8 Å². The van der Waals surface area contributed by atoms with Crippen LogP contribution in [-0.2, 0) is 42.3 Å². The summed E-state index contributed by atoms with van der Waals surface area (Å²) in [5.74, 6) is 0.394. The molecule has 0 spiro atoms. The molecular weight excluding hydrogens is 557 g/mol. The van der Waals surface area contributed by atoms with E-state index in [0.29, 0.717) is 35.7 Å². The molecule has 0 saturated carbocycles. The van der Waals surface area contributed by atoms with E-state index in [2.05, 4.69) is 9.88 Å². The number of nitrogens with two attached hydrogens (primary N) is 1. The van der Waals surface area contributed by atoms with Crippen molar-refractivity contribution in [1.29, 1.82) is 0 Å². The van der Waals surface area contributed by atoms with E-state index in [1.807, 2.05) is 18.2 Å². The van der Waals surface area contributed by atoms with Gasteiger partial charge in [-0.3, -0.25) is 9.67 Å². The summed E-state index contributed by atoms with van der Waals surface area (Å²) < 4.78 is 68.1. The average molecular weight is 593 g/mol. The molecule has 0 aliphatic carbocycles. The first-order valence-electron chi connectivity index (χ1n) is 13.7. The van der Waals surface area contributed by atoms with Gasteiger partial charge in [0.15, 0.2) is 0 Å². The van der Waals surface area contributed by atoms with Gasteiger partial charge >= 0.3 is 6.18 Å². The number of aliphatic hydroxyl groups is 1. The second-order valence-electron chi connectivity index (χ2n) is 10.9. The standard InChI is InChI=1S/C28H35F3N6O3S/c1-41(39,40)36-13-9-26-23(18-36)27(20-5-6-24(28(29,30)31)21(14-20)15-32)34-37(26)17-22(38)16-35-11-7-19(8-12-35)25-4-2-3-10-33-25/h2-6,10,14,19,22,38H,7-9,11-13,15-18,32H2,1H3. The third-order valence-corrected chi connectivity index (χ3v) is 9.27. The van der Waals surface area contributed by atoms with Crippen molar-refractivity contribution in [2.45, 2.75) is 57.1 Å². The van der Waals surface area contributed by atoms with Crippen LogP contribution in [0.1, 0.15) is 46.8 Å². The number of hydrogen-bond donors (Lipinski definition) is 2. The number of fused-ring (bicyclic) bond motifs is 1. The van der Waals surface area contributed by atoms with Gasteiger partial charge in [0.1, 0.15) is 0 Å². The van der Waals surface area contributed by atoms with Crippen molar-refractivity contribution in [3.63, 3.8) is 0 Å². The molecule has 222 valence electrons. The van der Waals surface area contributed by atoms with Crippen LogP contribution in [0.2, 0.25) is 0 Å². The lowest BCUT2D eigenvalue weighted by Crippen LogP contribution is -2.40. The molecular formula is C28H35F3N6O3S. The number of alkyl halides is 3. The molecule has 9 nitrogen and oxygen atoms in total. The number of hydrogen-bond acceptors (Lipinski definition) is 7. The zero-order valence-corrected chi connectivity index (χ0v) is 23.7. The zero-order valence-electron chi connectivity index (χ0n) is 22.9. The number of aromatic nitrogens is 3. The van der Waals surface area contributed by atoms with E-state index >= 15 is 0 Å². The summed E-state index contributed by atoms with van der Waals surface area (Å²) in [6.07, 6.45) is -0.0714. The van der Waals surface area contributed by atoms with Crippen LogP contribution in [0.15, 0.2) is 42.6 Å². The molecule has 1 unspecified atom stereocenters.